The standard InChI is InChI=1S/C30H37N5O7.4C2H6.CH2O/c1-35(27(38)16-32-25(36)14-31)28-19-8-9-20(18-5-4-6-18)21(13-19)22-11-17(7-10-24(22)41-2)12-23(30(40)42-3)34-26(37)15-33-29(28)39;5*1-2/h7-11,13,18,23,28H,4-6,12,14-16,31H2,1-3H3,(H,32,36)(H,33,39)(H,34,37);4*1-2H3;1H2. The maximum Gasteiger partial charge on any atom is 0.328 e. The number of nitrogens with zero attached hydrogens (tertiary/aromatic N) is 1. The quantitative estimate of drug-likeness (QED) is 0.299. The molecule has 1 aliphatic heterocycles. The van der Waals surface area contributed by atoms with Gasteiger partial charge in [0.15, 0.2) is 0 Å². The molecule has 2 aromatic rings. The Labute approximate surface area is 310 Å². The molecule has 2 aliphatic rings. The van der Waals surface area contributed by atoms with Gasteiger partial charge in [0.05, 0.1) is 33.9 Å². The molecule has 4 rings (SSSR count). The Bertz CT molecular complexity index is 1400. The fraction of sp³-hybridized carbons (Fsp3) is 0.538. The molecule has 1 saturated carbocycles. The lowest BCUT2D eigenvalue weighted by molar-refractivity contribution is -0.145. The summed E-state index contributed by atoms with van der Waals surface area (Å²) in [4.78, 5) is 73.0. The molecular weight excluding hydrogens is 666 g/mol. The van der Waals surface area contributed by atoms with Crippen LogP contribution < -0.4 is 26.4 Å². The summed E-state index contributed by atoms with van der Waals surface area (Å²) in [6.07, 6.45) is 3.32. The third-order valence-corrected chi connectivity index (χ3v) is 7.83. The largest absolute Gasteiger partial charge is 0.496 e. The molecule has 0 radical (unpaired) electrons. The van der Waals surface area contributed by atoms with Gasteiger partial charge in [-0.3, -0.25) is 19.2 Å². The number of benzene rings is 2. The number of nitrogens with two attached hydrogens (primary N) is 1. The zero-order chi connectivity index (χ0) is 40.4. The summed E-state index contributed by atoms with van der Waals surface area (Å²) in [6.45, 7) is 16.9. The van der Waals surface area contributed by atoms with Gasteiger partial charge in [-0.15, -0.1) is 0 Å². The van der Waals surface area contributed by atoms with E-state index in [4.69, 9.17) is 20.0 Å². The van der Waals surface area contributed by atoms with Gasteiger partial charge in [-0.25, -0.2) is 4.79 Å². The van der Waals surface area contributed by atoms with Crippen LogP contribution in [0.4, 0.5) is 0 Å². The van der Waals surface area contributed by atoms with Gasteiger partial charge in [-0.2, -0.15) is 0 Å². The average Bonchev–Trinajstić information content (AvgIpc) is 3.18. The molecule has 1 fully saturated rings. The van der Waals surface area contributed by atoms with Crippen LogP contribution >= 0.6 is 0 Å². The van der Waals surface area contributed by atoms with E-state index in [2.05, 4.69) is 16.0 Å². The highest BCUT2D eigenvalue weighted by Gasteiger charge is 2.32. The van der Waals surface area contributed by atoms with Gasteiger partial charge in [-0.1, -0.05) is 80.0 Å². The predicted molar refractivity (Wildman–Crippen MR) is 206 cm³/mol. The maximum absolute atomic E-state index is 13.6. The number of rotatable bonds is 7. The van der Waals surface area contributed by atoms with Gasteiger partial charge in [0.25, 0.3) is 0 Å². The lowest BCUT2D eigenvalue weighted by Crippen LogP contribution is -2.50. The topological polar surface area (TPSA) is 186 Å². The second-order valence-corrected chi connectivity index (χ2v) is 10.5. The number of nitrogens with one attached hydrogen (secondary N) is 3. The molecule has 1 aliphatic carbocycles. The maximum atomic E-state index is 13.6. The molecule has 1 heterocycles. The smallest absolute Gasteiger partial charge is 0.328 e. The Kier molecular flexibility index (Phi) is 26.5. The fourth-order valence-electron chi connectivity index (χ4n) is 5.29. The molecule has 0 aromatic heterocycles. The van der Waals surface area contributed by atoms with E-state index in [0.29, 0.717) is 17.2 Å². The molecule has 13 nitrogen and oxygen atoms in total. The van der Waals surface area contributed by atoms with Crippen molar-refractivity contribution in [1.29, 1.82) is 0 Å². The zero-order valence-corrected chi connectivity index (χ0v) is 33.1. The first kappa shape index (κ1) is 49.3. The third kappa shape index (κ3) is 14.1. The number of likely N-dealkylation sites (N-methyl/N-ethyl adjacent to an activating group) is 1. The Hall–Kier alpha value is -4.78. The molecule has 2 atom stereocenters. The second kappa shape index (κ2) is 27.9. The van der Waals surface area contributed by atoms with Gasteiger partial charge in [0.1, 0.15) is 24.6 Å². The van der Waals surface area contributed by atoms with Gasteiger partial charge < -0.3 is 40.9 Å². The van der Waals surface area contributed by atoms with Crippen molar-refractivity contribution in [3.8, 4) is 16.9 Å². The van der Waals surface area contributed by atoms with Crippen molar-refractivity contribution in [3.05, 3.63) is 53.1 Å². The van der Waals surface area contributed by atoms with Crippen molar-refractivity contribution < 1.29 is 38.2 Å². The number of methoxy groups -OCH3 is 2. The molecule has 52 heavy (non-hydrogen) atoms. The number of carbonyl (C=O) groups is 6. The molecule has 292 valence electrons. The average molecular weight is 730 g/mol. The van der Waals surface area contributed by atoms with Crippen molar-refractivity contribution in [2.24, 2.45) is 5.73 Å². The Morgan fingerprint density at radius 2 is 1.54 bits per heavy atom. The molecule has 5 N–H and O–H groups in total. The number of hydrogen-bond donors (Lipinski definition) is 4. The normalized spacial score (nSPS) is 15.8. The first-order valence-corrected chi connectivity index (χ1v) is 18.1. The van der Waals surface area contributed by atoms with Crippen LogP contribution in [0.3, 0.4) is 0 Å². The molecule has 4 bridgehead atoms. The molecule has 2 aromatic carbocycles. The number of hydrogen-bond acceptors (Lipinski definition) is 9. The molecule has 0 saturated heterocycles. The summed E-state index contributed by atoms with van der Waals surface area (Å²) < 4.78 is 10.7. The van der Waals surface area contributed by atoms with Crippen LogP contribution in [0.5, 0.6) is 5.75 Å². The molecule has 4 amide bonds. The minimum atomic E-state index is -1.14. The fourth-order valence-corrected chi connectivity index (χ4v) is 5.29. The van der Waals surface area contributed by atoms with Crippen molar-refractivity contribution in [3.63, 3.8) is 0 Å². The number of fused-ring (bicyclic) bond motifs is 5. The first-order valence-electron chi connectivity index (χ1n) is 18.1. The molecule has 2 unspecified atom stereocenters. The molecule has 0 spiro atoms. The van der Waals surface area contributed by atoms with Crippen molar-refractivity contribution in [1.82, 2.24) is 20.9 Å². The number of carbonyl (C=O) groups excluding carboxylic acids is 6. The summed E-state index contributed by atoms with van der Waals surface area (Å²) in [5.74, 6) is -1.97. The summed E-state index contributed by atoms with van der Waals surface area (Å²) in [6, 6.07) is 9.10. The number of amides is 4. The van der Waals surface area contributed by atoms with Crippen molar-refractivity contribution in [2.75, 3.05) is 40.9 Å². The van der Waals surface area contributed by atoms with Crippen LogP contribution in [0.2, 0.25) is 0 Å². The van der Waals surface area contributed by atoms with E-state index in [9.17, 15) is 24.0 Å². The summed E-state index contributed by atoms with van der Waals surface area (Å²) in [5.41, 5.74) is 9.33. The highest BCUT2D eigenvalue weighted by atomic mass is 16.5. The van der Waals surface area contributed by atoms with Crippen LogP contribution in [-0.2, 0) is 39.9 Å². The monoisotopic (exact) mass is 729 g/mol. The molecular formula is C39H63N5O8. The number of ether oxygens (including phenoxy) is 2. The van der Waals surface area contributed by atoms with Gasteiger partial charge in [0, 0.05) is 19.0 Å². The van der Waals surface area contributed by atoms with Crippen molar-refractivity contribution in [2.45, 2.75) is 99.1 Å². The minimum Gasteiger partial charge on any atom is -0.496 e. The SMILES string of the molecule is C=O.CC.CC.CC.CC.COC(=O)C1Cc2ccc(OC)c(c2)-c2cc(ccc2C2CCC2)C(N(C)C(=O)CNC(=O)CN)C(=O)NCC(=O)N1. The summed E-state index contributed by atoms with van der Waals surface area (Å²) in [5, 5.41) is 7.67. The minimum absolute atomic E-state index is 0.163. The van der Waals surface area contributed by atoms with E-state index in [0.717, 1.165) is 41.5 Å². The van der Waals surface area contributed by atoms with Crippen LogP contribution in [0, 0.1) is 0 Å². The number of esters is 1. The Morgan fingerprint density at radius 1 is 0.923 bits per heavy atom. The van der Waals surface area contributed by atoms with Gasteiger partial charge >= 0.3 is 5.97 Å². The van der Waals surface area contributed by atoms with Gasteiger partial charge in [-0.05, 0) is 59.2 Å². The van der Waals surface area contributed by atoms with Crippen molar-refractivity contribution >= 4 is 36.4 Å². The van der Waals surface area contributed by atoms with Gasteiger partial charge in [0.2, 0.25) is 23.6 Å². The second-order valence-electron chi connectivity index (χ2n) is 10.5. The predicted octanol–water partition coefficient (Wildman–Crippen LogP) is 4.45. The Balaban J connectivity index is 0. The van der Waals surface area contributed by atoms with Crippen LogP contribution in [0.15, 0.2) is 36.4 Å². The van der Waals surface area contributed by atoms with Crippen LogP contribution in [0.1, 0.15) is 103 Å². The van der Waals surface area contributed by atoms with E-state index in [1.54, 1.807) is 7.11 Å². The van der Waals surface area contributed by atoms with E-state index in [-0.39, 0.29) is 19.5 Å². The van der Waals surface area contributed by atoms with E-state index in [1.807, 2.05) is 98.6 Å². The zero-order valence-electron chi connectivity index (χ0n) is 33.1. The highest BCUT2D eigenvalue weighted by molar-refractivity contribution is 5.94. The summed E-state index contributed by atoms with van der Waals surface area (Å²) in [7, 11) is 4.27. The lowest BCUT2D eigenvalue weighted by Gasteiger charge is -2.32. The van der Waals surface area contributed by atoms with E-state index < -0.39 is 48.2 Å². The van der Waals surface area contributed by atoms with E-state index >= 15 is 0 Å². The van der Waals surface area contributed by atoms with E-state index in [1.165, 1.54) is 19.1 Å². The third-order valence-electron chi connectivity index (χ3n) is 7.83. The Morgan fingerprint density at radius 3 is 2.06 bits per heavy atom. The summed E-state index contributed by atoms with van der Waals surface area (Å²) >= 11 is 0. The molecule has 13 heteroatoms. The lowest BCUT2D eigenvalue weighted by atomic mass is 9.76. The first-order chi connectivity index (χ1) is 25.2. The highest BCUT2D eigenvalue weighted by Crippen LogP contribution is 2.44. The van der Waals surface area contributed by atoms with Crippen LogP contribution in [0.25, 0.3) is 11.1 Å². The van der Waals surface area contributed by atoms with Crippen LogP contribution in [-0.4, -0.2) is 88.2 Å².